The third-order valence-electron chi connectivity index (χ3n) is 4.94. The van der Waals surface area contributed by atoms with Gasteiger partial charge in [0.05, 0.1) is 12.9 Å². The molecule has 1 amide bonds. The van der Waals surface area contributed by atoms with Crippen LogP contribution in [0.1, 0.15) is 26.7 Å². The van der Waals surface area contributed by atoms with Crippen molar-refractivity contribution in [2.24, 2.45) is 17.3 Å². The third-order valence-corrected chi connectivity index (χ3v) is 6.15. The Morgan fingerprint density at radius 1 is 1.36 bits per heavy atom. The first-order valence-electron chi connectivity index (χ1n) is 7.90. The summed E-state index contributed by atoms with van der Waals surface area (Å²) in [6.07, 6.45) is 2.62. The number of carbonyl (C=O) groups is 1. The maximum atomic E-state index is 12.3. The molecule has 0 N–H and O–H groups in total. The second-order valence-corrected chi connectivity index (χ2v) is 9.22. The SMILES string of the molecule is COC[C@@]12CCN(C(=O)CC(C)C)C[C@@H]1CN(S(C)(=O)=O)C2. The molecule has 2 aliphatic rings. The van der Waals surface area contributed by atoms with Gasteiger partial charge in [0.15, 0.2) is 0 Å². The molecule has 2 saturated heterocycles. The number of rotatable bonds is 5. The smallest absolute Gasteiger partial charge is 0.222 e. The van der Waals surface area contributed by atoms with Crippen molar-refractivity contribution in [3.63, 3.8) is 0 Å². The highest BCUT2D eigenvalue weighted by Crippen LogP contribution is 2.44. The molecule has 2 fully saturated rings. The summed E-state index contributed by atoms with van der Waals surface area (Å²) in [7, 11) is -1.54. The first-order chi connectivity index (χ1) is 10.2. The number of likely N-dealkylation sites (tertiary alicyclic amines) is 1. The maximum Gasteiger partial charge on any atom is 0.222 e. The summed E-state index contributed by atoms with van der Waals surface area (Å²) in [5, 5.41) is 0. The Hall–Kier alpha value is -0.660. The lowest BCUT2D eigenvalue weighted by atomic mass is 9.73. The summed E-state index contributed by atoms with van der Waals surface area (Å²) in [5.41, 5.74) is -0.146. The summed E-state index contributed by atoms with van der Waals surface area (Å²) >= 11 is 0. The number of fused-ring (bicyclic) bond motifs is 1. The Balaban J connectivity index is 2.13. The number of methoxy groups -OCH3 is 1. The van der Waals surface area contributed by atoms with E-state index in [9.17, 15) is 13.2 Å². The first kappa shape index (κ1) is 17.7. The molecule has 0 saturated carbocycles. The van der Waals surface area contributed by atoms with Crippen molar-refractivity contribution in [1.29, 1.82) is 0 Å². The monoisotopic (exact) mass is 332 g/mol. The van der Waals surface area contributed by atoms with Crippen LogP contribution in [-0.4, -0.2) is 69.7 Å². The van der Waals surface area contributed by atoms with Crippen molar-refractivity contribution in [3.8, 4) is 0 Å². The van der Waals surface area contributed by atoms with Gasteiger partial charge in [-0.05, 0) is 18.3 Å². The molecule has 0 bridgehead atoms. The van der Waals surface area contributed by atoms with Crippen LogP contribution in [0, 0.1) is 17.3 Å². The Morgan fingerprint density at radius 3 is 2.59 bits per heavy atom. The Labute approximate surface area is 133 Å². The molecule has 2 heterocycles. The molecule has 7 heteroatoms. The Bertz CT molecular complexity index is 520. The van der Waals surface area contributed by atoms with Crippen LogP contribution in [0.5, 0.6) is 0 Å². The standard InChI is InChI=1S/C15H28N2O4S/c1-12(2)7-14(18)16-6-5-15(11-21-3)10-17(22(4,19)20)9-13(15)8-16/h12-13H,5-11H2,1-4H3/t13-,15+/m1/s1. The number of piperidine rings is 1. The predicted octanol–water partition coefficient (Wildman–Crippen LogP) is 0.789. The number of sulfonamides is 1. The van der Waals surface area contributed by atoms with E-state index in [2.05, 4.69) is 0 Å². The molecule has 22 heavy (non-hydrogen) atoms. The Kier molecular flexibility index (Phi) is 5.19. The van der Waals surface area contributed by atoms with Gasteiger partial charge in [-0.25, -0.2) is 12.7 Å². The third kappa shape index (κ3) is 3.63. The van der Waals surface area contributed by atoms with Crippen molar-refractivity contribution < 1.29 is 17.9 Å². The molecular formula is C15H28N2O4S. The zero-order valence-corrected chi connectivity index (χ0v) is 14.9. The second-order valence-electron chi connectivity index (χ2n) is 7.24. The summed E-state index contributed by atoms with van der Waals surface area (Å²) < 4.78 is 30.7. The molecule has 0 aromatic carbocycles. The van der Waals surface area contributed by atoms with Gasteiger partial charge in [0.1, 0.15) is 0 Å². The summed E-state index contributed by atoms with van der Waals surface area (Å²) in [6, 6.07) is 0. The number of amides is 1. The number of ether oxygens (including phenoxy) is 1. The van der Waals surface area contributed by atoms with Gasteiger partial charge in [-0.1, -0.05) is 13.8 Å². The van der Waals surface area contributed by atoms with Crippen LogP contribution in [0.4, 0.5) is 0 Å². The van der Waals surface area contributed by atoms with Crippen LogP contribution in [-0.2, 0) is 19.6 Å². The van der Waals surface area contributed by atoms with Gasteiger partial charge in [0, 0.05) is 45.1 Å². The highest BCUT2D eigenvalue weighted by molar-refractivity contribution is 7.88. The molecular weight excluding hydrogens is 304 g/mol. The quantitative estimate of drug-likeness (QED) is 0.746. The van der Waals surface area contributed by atoms with Crippen molar-refractivity contribution in [3.05, 3.63) is 0 Å². The van der Waals surface area contributed by atoms with Gasteiger partial charge < -0.3 is 9.64 Å². The zero-order valence-electron chi connectivity index (χ0n) is 14.0. The predicted molar refractivity (Wildman–Crippen MR) is 84.9 cm³/mol. The molecule has 0 aliphatic carbocycles. The van der Waals surface area contributed by atoms with E-state index in [-0.39, 0.29) is 17.2 Å². The molecule has 0 aromatic rings. The lowest BCUT2D eigenvalue weighted by Gasteiger charge is -2.43. The normalized spacial score (nSPS) is 29.9. The fourth-order valence-electron chi connectivity index (χ4n) is 3.71. The van der Waals surface area contributed by atoms with Crippen LogP contribution >= 0.6 is 0 Å². The second kappa shape index (κ2) is 6.45. The van der Waals surface area contributed by atoms with Gasteiger partial charge in [-0.3, -0.25) is 4.79 Å². The minimum Gasteiger partial charge on any atom is -0.384 e. The summed E-state index contributed by atoms with van der Waals surface area (Å²) in [6.45, 7) is 6.97. The van der Waals surface area contributed by atoms with E-state index < -0.39 is 10.0 Å². The van der Waals surface area contributed by atoms with Crippen LogP contribution in [0.2, 0.25) is 0 Å². The Morgan fingerprint density at radius 2 is 2.05 bits per heavy atom. The van der Waals surface area contributed by atoms with Crippen molar-refractivity contribution in [1.82, 2.24) is 9.21 Å². The lowest BCUT2D eigenvalue weighted by molar-refractivity contribution is -0.136. The molecule has 2 atom stereocenters. The molecule has 0 radical (unpaired) electrons. The maximum absolute atomic E-state index is 12.3. The van der Waals surface area contributed by atoms with Gasteiger partial charge in [0.25, 0.3) is 0 Å². The number of hydrogen-bond acceptors (Lipinski definition) is 4. The molecule has 0 unspecified atom stereocenters. The zero-order chi connectivity index (χ0) is 16.5. The number of nitrogens with zero attached hydrogens (tertiary/aromatic N) is 2. The van der Waals surface area contributed by atoms with Crippen molar-refractivity contribution in [2.75, 3.05) is 46.2 Å². The lowest BCUT2D eigenvalue weighted by Crippen LogP contribution is -2.51. The van der Waals surface area contributed by atoms with E-state index in [4.69, 9.17) is 4.74 Å². The van der Waals surface area contributed by atoms with E-state index in [1.165, 1.54) is 6.26 Å². The van der Waals surface area contributed by atoms with Crippen LogP contribution in [0.15, 0.2) is 0 Å². The highest BCUT2D eigenvalue weighted by Gasteiger charge is 2.52. The van der Waals surface area contributed by atoms with Crippen LogP contribution in [0.25, 0.3) is 0 Å². The van der Waals surface area contributed by atoms with Crippen molar-refractivity contribution >= 4 is 15.9 Å². The fraction of sp³-hybridized carbons (Fsp3) is 0.933. The van der Waals surface area contributed by atoms with E-state index in [0.29, 0.717) is 45.1 Å². The van der Waals surface area contributed by atoms with Gasteiger partial charge >= 0.3 is 0 Å². The minimum absolute atomic E-state index is 0.146. The average Bonchev–Trinajstić information content (AvgIpc) is 2.76. The molecule has 2 aliphatic heterocycles. The van der Waals surface area contributed by atoms with Gasteiger partial charge in [-0.2, -0.15) is 0 Å². The molecule has 6 nitrogen and oxygen atoms in total. The van der Waals surface area contributed by atoms with E-state index in [0.717, 1.165) is 6.42 Å². The topological polar surface area (TPSA) is 66.9 Å². The minimum atomic E-state index is -3.20. The van der Waals surface area contributed by atoms with Crippen LogP contribution in [0.3, 0.4) is 0 Å². The van der Waals surface area contributed by atoms with E-state index in [1.807, 2.05) is 18.7 Å². The average molecular weight is 332 g/mol. The number of hydrogen-bond donors (Lipinski definition) is 0. The largest absolute Gasteiger partial charge is 0.384 e. The van der Waals surface area contributed by atoms with Crippen LogP contribution < -0.4 is 0 Å². The molecule has 0 spiro atoms. The van der Waals surface area contributed by atoms with E-state index >= 15 is 0 Å². The molecule has 128 valence electrons. The van der Waals surface area contributed by atoms with Gasteiger partial charge in [0.2, 0.25) is 15.9 Å². The molecule has 2 rings (SSSR count). The van der Waals surface area contributed by atoms with Gasteiger partial charge in [-0.15, -0.1) is 0 Å². The highest BCUT2D eigenvalue weighted by atomic mass is 32.2. The van der Waals surface area contributed by atoms with Crippen molar-refractivity contribution in [2.45, 2.75) is 26.7 Å². The first-order valence-corrected chi connectivity index (χ1v) is 9.74. The van der Waals surface area contributed by atoms with E-state index in [1.54, 1.807) is 11.4 Å². The number of carbonyl (C=O) groups excluding carboxylic acids is 1. The molecule has 0 aromatic heterocycles. The summed E-state index contributed by atoms with van der Waals surface area (Å²) in [5.74, 6) is 0.681. The summed E-state index contributed by atoms with van der Waals surface area (Å²) in [4.78, 5) is 14.2. The fourth-order valence-corrected chi connectivity index (χ4v) is 4.66.